The quantitative estimate of drug-likeness (QED) is 0.767. The number of nitrogens with zero attached hydrogens (tertiary/aromatic N) is 2. The second kappa shape index (κ2) is 9.45. The molecule has 1 fully saturated rings. The summed E-state index contributed by atoms with van der Waals surface area (Å²) < 4.78 is 0. The van der Waals surface area contributed by atoms with Crippen molar-refractivity contribution in [2.24, 2.45) is 5.92 Å². The predicted molar refractivity (Wildman–Crippen MR) is 115 cm³/mol. The van der Waals surface area contributed by atoms with Crippen molar-refractivity contribution >= 4 is 23.0 Å². The van der Waals surface area contributed by atoms with E-state index in [1.54, 1.807) is 0 Å². The molecule has 0 aliphatic carbocycles. The van der Waals surface area contributed by atoms with Crippen molar-refractivity contribution in [1.29, 1.82) is 0 Å². The molecule has 2 aromatic rings. The van der Waals surface area contributed by atoms with Crippen LogP contribution in [0.4, 0.5) is 17.1 Å². The first-order chi connectivity index (χ1) is 13.2. The number of amides is 1. The molecule has 27 heavy (non-hydrogen) atoms. The van der Waals surface area contributed by atoms with Gasteiger partial charge in [0.2, 0.25) is 5.91 Å². The number of hydrogen-bond acceptors (Lipinski definition) is 3. The minimum Gasteiger partial charge on any atom is -0.385 e. The molecule has 1 heterocycles. The fraction of sp³-hybridized carbons (Fsp3) is 0.435. The summed E-state index contributed by atoms with van der Waals surface area (Å²) in [5.74, 6) is 0.994. The van der Waals surface area contributed by atoms with Crippen molar-refractivity contribution in [3.05, 3.63) is 54.6 Å². The van der Waals surface area contributed by atoms with Crippen molar-refractivity contribution < 1.29 is 4.79 Å². The highest BCUT2D eigenvalue weighted by Crippen LogP contribution is 2.24. The standard InChI is InChI=1S/C23H31N3O/c1-3-26(22-7-5-4-6-8-22)23(27)13-16-24-20-9-11-21(12-10-20)25-17-14-19(2)15-18-25/h4-12,19,24H,3,13-18H2,1-2H3. The summed E-state index contributed by atoms with van der Waals surface area (Å²) in [7, 11) is 0. The van der Waals surface area contributed by atoms with Gasteiger partial charge in [-0.1, -0.05) is 25.1 Å². The molecule has 0 bridgehead atoms. The van der Waals surface area contributed by atoms with Crippen LogP contribution in [0.1, 0.15) is 33.1 Å². The van der Waals surface area contributed by atoms with Crippen molar-refractivity contribution in [3.63, 3.8) is 0 Å². The number of hydrogen-bond donors (Lipinski definition) is 1. The monoisotopic (exact) mass is 365 g/mol. The number of anilines is 3. The average Bonchev–Trinajstić information content (AvgIpc) is 2.71. The van der Waals surface area contributed by atoms with E-state index in [4.69, 9.17) is 0 Å². The van der Waals surface area contributed by atoms with Gasteiger partial charge in [0.25, 0.3) is 0 Å². The lowest BCUT2D eigenvalue weighted by molar-refractivity contribution is -0.118. The molecule has 1 aliphatic heterocycles. The van der Waals surface area contributed by atoms with Crippen LogP contribution >= 0.6 is 0 Å². The molecule has 144 valence electrons. The first-order valence-electron chi connectivity index (χ1n) is 10.1. The van der Waals surface area contributed by atoms with Crippen molar-refractivity contribution in [2.75, 3.05) is 41.3 Å². The van der Waals surface area contributed by atoms with E-state index in [9.17, 15) is 4.79 Å². The first kappa shape index (κ1) is 19.3. The molecule has 0 aromatic heterocycles. The number of nitrogens with one attached hydrogen (secondary N) is 1. The van der Waals surface area contributed by atoms with Crippen LogP contribution in [0.5, 0.6) is 0 Å². The Kier molecular flexibility index (Phi) is 6.74. The third-order valence-corrected chi connectivity index (χ3v) is 5.37. The minimum atomic E-state index is 0.148. The van der Waals surface area contributed by atoms with Gasteiger partial charge in [-0.25, -0.2) is 0 Å². The minimum absolute atomic E-state index is 0.148. The normalized spacial score (nSPS) is 14.8. The van der Waals surface area contributed by atoms with Crippen molar-refractivity contribution in [3.8, 4) is 0 Å². The zero-order chi connectivity index (χ0) is 19.1. The molecule has 4 nitrogen and oxygen atoms in total. The van der Waals surface area contributed by atoms with E-state index in [0.717, 1.165) is 30.4 Å². The number of rotatable bonds is 7. The lowest BCUT2D eigenvalue weighted by atomic mass is 9.99. The Morgan fingerprint density at radius 3 is 2.37 bits per heavy atom. The lowest BCUT2D eigenvalue weighted by Gasteiger charge is -2.32. The second-order valence-corrected chi connectivity index (χ2v) is 7.37. The largest absolute Gasteiger partial charge is 0.385 e. The van der Waals surface area contributed by atoms with Crippen LogP contribution in [-0.2, 0) is 4.79 Å². The molecule has 0 radical (unpaired) electrons. The van der Waals surface area contributed by atoms with Crippen LogP contribution in [0.15, 0.2) is 54.6 Å². The average molecular weight is 366 g/mol. The van der Waals surface area contributed by atoms with E-state index in [2.05, 4.69) is 41.4 Å². The second-order valence-electron chi connectivity index (χ2n) is 7.37. The summed E-state index contributed by atoms with van der Waals surface area (Å²) >= 11 is 0. The van der Waals surface area contributed by atoms with Gasteiger partial charge >= 0.3 is 0 Å². The molecule has 0 spiro atoms. The van der Waals surface area contributed by atoms with Gasteiger partial charge in [0.05, 0.1) is 0 Å². The number of piperidine rings is 1. The van der Waals surface area contributed by atoms with Crippen molar-refractivity contribution in [1.82, 2.24) is 0 Å². The fourth-order valence-electron chi connectivity index (χ4n) is 3.62. The Labute approximate surface area is 163 Å². The third-order valence-electron chi connectivity index (χ3n) is 5.37. The highest BCUT2D eigenvalue weighted by molar-refractivity contribution is 5.93. The summed E-state index contributed by atoms with van der Waals surface area (Å²) in [6, 6.07) is 18.5. The van der Waals surface area contributed by atoms with Gasteiger partial charge in [-0.05, 0) is 62.1 Å². The van der Waals surface area contributed by atoms with Gasteiger partial charge in [-0.2, -0.15) is 0 Å². The van der Waals surface area contributed by atoms with Crippen LogP contribution in [0.25, 0.3) is 0 Å². The number of para-hydroxylation sites is 1. The van der Waals surface area contributed by atoms with Gasteiger partial charge in [-0.3, -0.25) is 4.79 Å². The summed E-state index contributed by atoms with van der Waals surface area (Å²) in [6.45, 7) is 7.97. The highest BCUT2D eigenvalue weighted by Gasteiger charge is 2.16. The number of benzene rings is 2. The van der Waals surface area contributed by atoms with Crippen molar-refractivity contribution in [2.45, 2.75) is 33.1 Å². The van der Waals surface area contributed by atoms with Crippen LogP contribution in [0.2, 0.25) is 0 Å². The maximum Gasteiger partial charge on any atom is 0.228 e. The highest BCUT2D eigenvalue weighted by atomic mass is 16.2. The Bertz CT molecular complexity index is 706. The predicted octanol–water partition coefficient (Wildman–Crippen LogP) is 4.78. The van der Waals surface area contributed by atoms with E-state index in [0.29, 0.717) is 19.5 Å². The van der Waals surface area contributed by atoms with Gasteiger partial charge in [0.15, 0.2) is 0 Å². The summed E-state index contributed by atoms with van der Waals surface area (Å²) in [5, 5.41) is 3.38. The van der Waals surface area contributed by atoms with Crippen LogP contribution in [0, 0.1) is 5.92 Å². The van der Waals surface area contributed by atoms with E-state index >= 15 is 0 Å². The molecule has 0 atom stereocenters. The number of carbonyl (C=O) groups excluding carboxylic acids is 1. The molecular weight excluding hydrogens is 334 g/mol. The van der Waals surface area contributed by atoms with Gasteiger partial charge in [-0.15, -0.1) is 0 Å². The fourth-order valence-corrected chi connectivity index (χ4v) is 3.62. The molecule has 3 rings (SSSR count). The van der Waals surface area contributed by atoms with Crippen LogP contribution in [0.3, 0.4) is 0 Å². The molecule has 1 aliphatic rings. The van der Waals surface area contributed by atoms with Gasteiger partial charge in [0, 0.05) is 49.7 Å². The van der Waals surface area contributed by atoms with E-state index in [-0.39, 0.29) is 5.91 Å². The zero-order valence-electron chi connectivity index (χ0n) is 16.5. The SMILES string of the molecule is CCN(C(=O)CCNc1ccc(N2CCC(C)CC2)cc1)c1ccccc1. The molecule has 0 saturated carbocycles. The summed E-state index contributed by atoms with van der Waals surface area (Å²) in [5.41, 5.74) is 3.33. The topological polar surface area (TPSA) is 35.6 Å². The number of carbonyl (C=O) groups is 1. The zero-order valence-corrected chi connectivity index (χ0v) is 16.5. The molecule has 1 saturated heterocycles. The Morgan fingerprint density at radius 1 is 1.07 bits per heavy atom. The molecular formula is C23H31N3O. The smallest absolute Gasteiger partial charge is 0.228 e. The Hall–Kier alpha value is -2.49. The maximum absolute atomic E-state index is 12.5. The molecule has 4 heteroatoms. The Morgan fingerprint density at radius 2 is 1.74 bits per heavy atom. The maximum atomic E-state index is 12.5. The molecule has 0 unspecified atom stereocenters. The van der Waals surface area contributed by atoms with E-state index < -0.39 is 0 Å². The van der Waals surface area contributed by atoms with Gasteiger partial charge < -0.3 is 15.1 Å². The summed E-state index contributed by atoms with van der Waals surface area (Å²) in [4.78, 5) is 16.8. The molecule has 2 aromatic carbocycles. The third kappa shape index (κ3) is 5.25. The first-order valence-corrected chi connectivity index (χ1v) is 10.1. The summed E-state index contributed by atoms with van der Waals surface area (Å²) in [6.07, 6.45) is 3.03. The Balaban J connectivity index is 1.48. The molecule has 1 N–H and O–H groups in total. The van der Waals surface area contributed by atoms with E-state index in [1.807, 2.05) is 42.2 Å². The van der Waals surface area contributed by atoms with E-state index in [1.165, 1.54) is 18.5 Å². The molecule has 1 amide bonds. The van der Waals surface area contributed by atoms with Crippen LogP contribution < -0.4 is 15.1 Å². The van der Waals surface area contributed by atoms with Crippen LogP contribution in [-0.4, -0.2) is 32.1 Å². The lowest BCUT2D eigenvalue weighted by Crippen LogP contribution is -2.32. The van der Waals surface area contributed by atoms with Gasteiger partial charge in [0.1, 0.15) is 0 Å².